The number of carboxylic acid groups (broad SMARTS) is 1. The molecule has 5 nitrogen and oxygen atoms in total. The number of hydrogen-bond acceptors (Lipinski definition) is 3. The Labute approximate surface area is 103 Å². The van der Waals surface area contributed by atoms with Crippen LogP contribution in [0.4, 0.5) is 0 Å². The maximum Gasteiger partial charge on any atom is 0.329 e. The van der Waals surface area contributed by atoms with Gasteiger partial charge < -0.3 is 15.2 Å². The zero-order chi connectivity index (χ0) is 13.5. The first-order valence-corrected chi connectivity index (χ1v) is 5.99. The summed E-state index contributed by atoms with van der Waals surface area (Å²) < 4.78 is 5.03. The fraction of sp³-hybridized carbons (Fsp3) is 0.833. The number of methoxy groups -OCH3 is 1. The van der Waals surface area contributed by atoms with Gasteiger partial charge in [-0.2, -0.15) is 0 Å². The summed E-state index contributed by atoms with van der Waals surface area (Å²) >= 11 is 0. The molecule has 0 saturated carbocycles. The van der Waals surface area contributed by atoms with Gasteiger partial charge in [-0.1, -0.05) is 13.8 Å². The number of aliphatic carboxylic acids is 1. The van der Waals surface area contributed by atoms with E-state index in [4.69, 9.17) is 9.84 Å². The van der Waals surface area contributed by atoms with Gasteiger partial charge in [0.15, 0.2) is 0 Å². The van der Waals surface area contributed by atoms with Gasteiger partial charge in [0.1, 0.15) is 5.54 Å². The highest BCUT2D eigenvalue weighted by Crippen LogP contribution is 2.16. The zero-order valence-corrected chi connectivity index (χ0v) is 11.1. The summed E-state index contributed by atoms with van der Waals surface area (Å²) in [6.45, 7) is 5.39. The number of carbonyl (C=O) groups is 2. The van der Waals surface area contributed by atoms with Gasteiger partial charge in [0, 0.05) is 13.5 Å². The van der Waals surface area contributed by atoms with Crippen molar-refractivity contribution in [3.05, 3.63) is 0 Å². The second-order valence-electron chi connectivity index (χ2n) is 4.23. The lowest BCUT2D eigenvalue weighted by Crippen LogP contribution is -2.53. The number of rotatable bonds is 8. The molecule has 0 aliphatic heterocycles. The predicted octanol–water partition coefficient (Wildman–Crippen LogP) is 1.56. The molecule has 1 atom stereocenters. The van der Waals surface area contributed by atoms with Crippen LogP contribution < -0.4 is 5.32 Å². The lowest BCUT2D eigenvalue weighted by molar-refractivity contribution is -0.148. The molecule has 1 unspecified atom stereocenters. The molecule has 1 amide bonds. The minimum Gasteiger partial charge on any atom is -0.480 e. The third-order valence-corrected chi connectivity index (χ3v) is 3.18. The van der Waals surface area contributed by atoms with E-state index in [9.17, 15) is 9.59 Å². The summed E-state index contributed by atoms with van der Waals surface area (Å²) in [6.07, 6.45) is 1.63. The molecule has 0 aromatic carbocycles. The van der Waals surface area contributed by atoms with Gasteiger partial charge >= 0.3 is 5.97 Å². The van der Waals surface area contributed by atoms with E-state index in [2.05, 4.69) is 5.32 Å². The Hall–Kier alpha value is -1.10. The molecule has 0 saturated heterocycles. The summed E-state index contributed by atoms with van der Waals surface area (Å²) in [7, 11) is 1.59. The molecule has 0 aliphatic rings. The van der Waals surface area contributed by atoms with Crippen molar-refractivity contribution < 1.29 is 19.4 Å². The molecule has 0 bridgehead atoms. The molecule has 0 aromatic heterocycles. The Balaban J connectivity index is 4.37. The lowest BCUT2D eigenvalue weighted by Gasteiger charge is -2.28. The van der Waals surface area contributed by atoms with E-state index in [1.54, 1.807) is 21.0 Å². The van der Waals surface area contributed by atoms with E-state index in [0.717, 1.165) is 0 Å². The molecule has 0 spiro atoms. The normalized spacial score (nSPS) is 13.2. The van der Waals surface area contributed by atoms with E-state index < -0.39 is 11.5 Å². The highest BCUT2D eigenvalue weighted by atomic mass is 16.5. The Morgan fingerprint density at radius 3 is 2.24 bits per heavy atom. The minimum absolute atomic E-state index is 0.00299. The summed E-state index contributed by atoms with van der Waals surface area (Å²) in [5.74, 6) is -1.21. The van der Waals surface area contributed by atoms with Gasteiger partial charge in [0.25, 0.3) is 0 Å². The summed E-state index contributed by atoms with van der Waals surface area (Å²) in [6, 6.07) is 0. The Morgan fingerprint density at radius 2 is 1.88 bits per heavy atom. The van der Waals surface area contributed by atoms with Crippen LogP contribution in [0.2, 0.25) is 0 Å². The van der Waals surface area contributed by atoms with Gasteiger partial charge in [-0.05, 0) is 26.2 Å². The number of ether oxygens (including phenoxy) is 1. The number of carbonyl (C=O) groups excluding carboxylic acids is 1. The largest absolute Gasteiger partial charge is 0.480 e. The molecular formula is C12H23NO4. The molecule has 0 rings (SSSR count). The van der Waals surface area contributed by atoms with Crippen LogP contribution in [0.25, 0.3) is 0 Å². The third-order valence-electron chi connectivity index (χ3n) is 3.18. The first-order chi connectivity index (χ1) is 7.91. The number of hydrogen-bond donors (Lipinski definition) is 2. The Bertz CT molecular complexity index is 261. The smallest absolute Gasteiger partial charge is 0.329 e. The van der Waals surface area contributed by atoms with E-state index in [-0.39, 0.29) is 18.4 Å². The molecular weight excluding hydrogens is 222 g/mol. The standard InChI is InChI=1S/C12H23NO4/c1-5-12(6-2,11(15)16)13-10(14)8-7-9(3)17-4/h9H,5-8H2,1-4H3,(H,13,14)(H,15,16). The maximum absolute atomic E-state index is 11.7. The molecule has 100 valence electrons. The van der Waals surface area contributed by atoms with E-state index >= 15 is 0 Å². The Kier molecular flexibility index (Phi) is 6.80. The zero-order valence-electron chi connectivity index (χ0n) is 11.1. The first-order valence-electron chi connectivity index (χ1n) is 5.99. The van der Waals surface area contributed by atoms with Crippen molar-refractivity contribution in [3.8, 4) is 0 Å². The van der Waals surface area contributed by atoms with Gasteiger partial charge in [-0.25, -0.2) is 4.79 Å². The van der Waals surface area contributed by atoms with Crippen LogP contribution in [-0.4, -0.2) is 35.7 Å². The van der Waals surface area contributed by atoms with Crippen LogP contribution in [0, 0.1) is 0 Å². The second kappa shape index (κ2) is 7.27. The highest BCUT2D eigenvalue weighted by Gasteiger charge is 2.36. The van der Waals surface area contributed by atoms with Crippen molar-refractivity contribution in [2.45, 2.75) is 58.1 Å². The van der Waals surface area contributed by atoms with Gasteiger partial charge in [-0.15, -0.1) is 0 Å². The fourth-order valence-electron chi connectivity index (χ4n) is 1.56. The average Bonchev–Trinajstić information content (AvgIpc) is 2.32. The quantitative estimate of drug-likeness (QED) is 0.680. The van der Waals surface area contributed by atoms with Gasteiger partial charge in [0.2, 0.25) is 5.91 Å². The molecule has 2 N–H and O–H groups in total. The van der Waals surface area contributed by atoms with Crippen LogP contribution in [0.15, 0.2) is 0 Å². The van der Waals surface area contributed by atoms with Crippen LogP contribution in [0.5, 0.6) is 0 Å². The van der Waals surface area contributed by atoms with E-state index in [0.29, 0.717) is 19.3 Å². The van der Waals surface area contributed by atoms with Crippen LogP contribution >= 0.6 is 0 Å². The van der Waals surface area contributed by atoms with E-state index in [1.807, 2.05) is 6.92 Å². The fourth-order valence-corrected chi connectivity index (χ4v) is 1.56. The first kappa shape index (κ1) is 15.9. The molecule has 0 heterocycles. The van der Waals surface area contributed by atoms with Gasteiger partial charge in [0.05, 0.1) is 6.10 Å². The van der Waals surface area contributed by atoms with Crippen molar-refractivity contribution in [1.82, 2.24) is 5.32 Å². The number of nitrogens with one attached hydrogen (secondary N) is 1. The molecule has 17 heavy (non-hydrogen) atoms. The highest BCUT2D eigenvalue weighted by molar-refractivity contribution is 5.86. The van der Waals surface area contributed by atoms with Crippen molar-refractivity contribution in [1.29, 1.82) is 0 Å². The molecule has 5 heteroatoms. The topological polar surface area (TPSA) is 75.6 Å². The number of amides is 1. The van der Waals surface area contributed by atoms with Crippen molar-refractivity contribution in [2.24, 2.45) is 0 Å². The van der Waals surface area contributed by atoms with Crippen LogP contribution in [0.3, 0.4) is 0 Å². The predicted molar refractivity (Wildman–Crippen MR) is 64.8 cm³/mol. The summed E-state index contributed by atoms with van der Waals surface area (Å²) in [4.78, 5) is 22.8. The average molecular weight is 245 g/mol. The van der Waals surface area contributed by atoms with Gasteiger partial charge in [-0.3, -0.25) is 4.79 Å². The third kappa shape index (κ3) is 4.73. The minimum atomic E-state index is -1.13. The second-order valence-corrected chi connectivity index (χ2v) is 4.23. The summed E-state index contributed by atoms with van der Waals surface area (Å²) in [5.41, 5.74) is -1.13. The monoisotopic (exact) mass is 245 g/mol. The van der Waals surface area contributed by atoms with Crippen LogP contribution in [-0.2, 0) is 14.3 Å². The molecule has 0 aromatic rings. The summed E-state index contributed by atoms with van der Waals surface area (Å²) in [5, 5.41) is 11.8. The van der Waals surface area contributed by atoms with Crippen molar-refractivity contribution in [2.75, 3.05) is 7.11 Å². The molecule has 0 aliphatic carbocycles. The van der Waals surface area contributed by atoms with Crippen molar-refractivity contribution in [3.63, 3.8) is 0 Å². The van der Waals surface area contributed by atoms with Crippen molar-refractivity contribution >= 4 is 11.9 Å². The number of carboxylic acids is 1. The van der Waals surface area contributed by atoms with E-state index in [1.165, 1.54) is 0 Å². The van der Waals surface area contributed by atoms with Crippen LogP contribution in [0.1, 0.15) is 46.5 Å². The maximum atomic E-state index is 11.7. The molecule has 0 radical (unpaired) electrons. The lowest BCUT2D eigenvalue weighted by atomic mass is 9.92. The SMILES string of the molecule is CCC(CC)(NC(=O)CCC(C)OC)C(=O)O. The Morgan fingerprint density at radius 1 is 1.35 bits per heavy atom. The molecule has 0 fully saturated rings.